The van der Waals surface area contributed by atoms with Crippen LogP contribution in [-0.4, -0.2) is 69.6 Å². The Balaban J connectivity index is 1.52. The van der Waals surface area contributed by atoms with Gasteiger partial charge in [0.05, 0.1) is 12.3 Å². The van der Waals surface area contributed by atoms with E-state index < -0.39 is 5.41 Å². The van der Waals surface area contributed by atoms with Gasteiger partial charge in [-0.25, -0.2) is 4.98 Å². The lowest BCUT2D eigenvalue weighted by Crippen LogP contribution is -2.40. The van der Waals surface area contributed by atoms with E-state index in [1.54, 1.807) is 22.1 Å². The average Bonchev–Trinajstić information content (AvgIpc) is 3.42. The van der Waals surface area contributed by atoms with E-state index in [-0.39, 0.29) is 24.3 Å². The topological polar surface area (TPSA) is 126 Å². The lowest BCUT2D eigenvalue weighted by molar-refractivity contribution is 0.0663. The summed E-state index contributed by atoms with van der Waals surface area (Å²) in [6, 6.07) is 0. The third-order valence-corrected chi connectivity index (χ3v) is 6.55. The molecule has 150 valence electrons. The molecule has 2 aliphatic rings. The third kappa shape index (κ3) is 2.87. The molecule has 2 fully saturated rings. The molecule has 2 atom stereocenters. The Labute approximate surface area is 166 Å². The molecule has 2 amide bonds. The number of nitrogen functional groups attached to an aromatic ring is 1. The first-order valence-electron chi connectivity index (χ1n) is 9.24. The maximum atomic E-state index is 13.1. The van der Waals surface area contributed by atoms with Gasteiger partial charge in [-0.1, -0.05) is 12.1 Å². The zero-order chi connectivity index (χ0) is 20.1. The summed E-state index contributed by atoms with van der Waals surface area (Å²) in [6.45, 7) is 5.31. The molecule has 2 saturated heterocycles. The molecule has 0 unspecified atom stereocenters. The van der Waals surface area contributed by atoms with Crippen LogP contribution in [0, 0.1) is 18.3 Å². The summed E-state index contributed by atoms with van der Waals surface area (Å²) >= 11 is 1.23. The SMILES string of the molecule is CCc1noc(C)c1C(=O)N1C[C@@H]2CN(C(=O)c3csc(N)n3)C[C@]2(CO)C1. The van der Waals surface area contributed by atoms with Gasteiger partial charge >= 0.3 is 0 Å². The van der Waals surface area contributed by atoms with E-state index in [0.29, 0.717) is 60.4 Å². The van der Waals surface area contributed by atoms with Gasteiger partial charge in [0.2, 0.25) is 0 Å². The second-order valence-electron chi connectivity index (χ2n) is 7.57. The monoisotopic (exact) mass is 405 g/mol. The maximum Gasteiger partial charge on any atom is 0.273 e. The van der Waals surface area contributed by atoms with E-state index in [9.17, 15) is 14.7 Å². The van der Waals surface area contributed by atoms with Crippen molar-refractivity contribution in [3.63, 3.8) is 0 Å². The molecule has 0 saturated carbocycles. The molecule has 0 aromatic carbocycles. The van der Waals surface area contributed by atoms with Crippen LogP contribution in [0.25, 0.3) is 0 Å². The number of nitrogens with two attached hydrogens (primary N) is 1. The first kappa shape index (κ1) is 18.9. The average molecular weight is 405 g/mol. The van der Waals surface area contributed by atoms with Crippen LogP contribution in [0.2, 0.25) is 0 Å². The number of carbonyl (C=O) groups excluding carboxylic acids is 2. The zero-order valence-electron chi connectivity index (χ0n) is 15.8. The molecule has 0 spiro atoms. The van der Waals surface area contributed by atoms with Crippen LogP contribution < -0.4 is 5.73 Å². The van der Waals surface area contributed by atoms with Crippen molar-refractivity contribution >= 4 is 28.3 Å². The second kappa shape index (κ2) is 6.85. The fraction of sp³-hybridized carbons (Fsp3) is 0.556. The summed E-state index contributed by atoms with van der Waals surface area (Å²) in [6.07, 6.45) is 0.611. The molecular formula is C18H23N5O4S. The lowest BCUT2D eigenvalue weighted by atomic mass is 9.82. The summed E-state index contributed by atoms with van der Waals surface area (Å²) < 4.78 is 5.20. The van der Waals surface area contributed by atoms with Crippen LogP contribution in [0.15, 0.2) is 9.90 Å². The van der Waals surface area contributed by atoms with Crippen molar-refractivity contribution in [2.24, 2.45) is 11.3 Å². The van der Waals surface area contributed by atoms with Crippen LogP contribution in [0.5, 0.6) is 0 Å². The minimum absolute atomic E-state index is 0.00613. The van der Waals surface area contributed by atoms with Crippen molar-refractivity contribution in [1.82, 2.24) is 19.9 Å². The normalized spacial score (nSPS) is 24.0. The zero-order valence-corrected chi connectivity index (χ0v) is 16.7. The molecule has 10 heteroatoms. The number of aliphatic hydroxyl groups is 1. The van der Waals surface area contributed by atoms with E-state index in [4.69, 9.17) is 10.3 Å². The van der Waals surface area contributed by atoms with Gasteiger partial charge in [0.25, 0.3) is 11.8 Å². The molecule has 0 aliphatic carbocycles. The van der Waals surface area contributed by atoms with Gasteiger partial charge in [-0.05, 0) is 13.3 Å². The molecule has 28 heavy (non-hydrogen) atoms. The highest BCUT2D eigenvalue weighted by atomic mass is 32.1. The van der Waals surface area contributed by atoms with Gasteiger partial charge in [0, 0.05) is 42.9 Å². The number of hydrogen-bond acceptors (Lipinski definition) is 8. The Morgan fingerprint density at radius 1 is 1.36 bits per heavy atom. The summed E-state index contributed by atoms with van der Waals surface area (Å²) in [5.74, 6) is 0.209. The molecule has 4 heterocycles. The summed E-state index contributed by atoms with van der Waals surface area (Å²) in [5.41, 5.74) is 6.60. The standard InChI is InChI=1S/C18H23N5O4S/c1-3-12-14(10(2)27-21-12)16(26)23-5-11-4-22(7-18(11,8-23)9-24)15(25)13-6-28-17(19)20-13/h6,11,24H,3-5,7-9H2,1-2H3,(H2,19,20)/t11-,18+/m0/s1. The van der Waals surface area contributed by atoms with Gasteiger partial charge in [-0.15, -0.1) is 11.3 Å². The van der Waals surface area contributed by atoms with Crippen molar-refractivity contribution in [3.05, 3.63) is 28.1 Å². The Bertz CT molecular complexity index is 925. The number of aryl methyl sites for hydroxylation is 2. The number of aliphatic hydroxyl groups excluding tert-OH is 1. The van der Waals surface area contributed by atoms with Crippen molar-refractivity contribution < 1.29 is 19.2 Å². The first-order valence-corrected chi connectivity index (χ1v) is 10.1. The number of carbonyl (C=O) groups is 2. The Morgan fingerprint density at radius 2 is 2.04 bits per heavy atom. The van der Waals surface area contributed by atoms with Crippen LogP contribution in [0.4, 0.5) is 5.13 Å². The Hall–Kier alpha value is -2.46. The molecule has 0 radical (unpaired) electrons. The molecule has 0 bridgehead atoms. The maximum absolute atomic E-state index is 13.1. The minimum Gasteiger partial charge on any atom is -0.396 e. The predicted molar refractivity (Wildman–Crippen MR) is 102 cm³/mol. The van der Waals surface area contributed by atoms with Gasteiger partial charge in [-0.3, -0.25) is 9.59 Å². The molecule has 3 N–H and O–H groups in total. The van der Waals surface area contributed by atoms with E-state index in [1.807, 2.05) is 6.92 Å². The van der Waals surface area contributed by atoms with Crippen LogP contribution in [-0.2, 0) is 6.42 Å². The summed E-state index contributed by atoms with van der Waals surface area (Å²) in [7, 11) is 0. The van der Waals surface area contributed by atoms with Crippen molar-refractivity contribution in [1.29, 1.82) is 0 Å². The highest BCUT2D eigenvalue weighted by molar-refractivity contribution is 7.13. The highest BCUT2D eigenvalue weighted by Crippen LogP contribution is 2.43. The number of likely N-dealkylation sites (tertiary alicyclic amines) is 2. The second-order valence-corrected chi connectivity index (χ2v) is 8.46. The highest BCUT2D eigenvalue weighted by Gasteiger charge is 2.54. The fourth-order valence-corrected chi connectivity index (χ4v) is 4.89. The fourth-order valence-electron chi connectivity index (χ4n) is 4.35. The number of hydrogen-bond donors (Lipinski definition) is 2. The summed E-state index contributed by atoms with van der Waals surface area (Å²) in [4.78, 5) is 33.3. The Kier molecular flexibility index (Phi) is 4.62. The molecule has 4 rings (SSSR count). The largest absolute Gasteiger partial charge is 0.396 e. The molecule has 2 aromatic heterocycles. The van der Waals surface area contributed by atoms with Crippen molar-refractivity contribution in [2.75, 3.05) is 38.5 Å². The van der Waals surface area contributed by atoms with E-state index >= 15 is 0 Å². The Morgan fingerprint density at radius 3 is 2.57 bits per heavy atom. The van der Waals surface area contributed by atoms with Crippen molar-refractivity contribution in [3.8, 4) is 0 Å². The number of thiazole rings is 1. The third-order valence-electron chi connectivity index (χ3n) is 5.87. The van der Waals surface area contributed by atoms with Gasteiger partial charge in [0.1, 0.15) is 17.0 Å². The van der Waals surface area contributed by atoms with E-state index in [2.05, 4.69) is 10.1 Å². The first-order chi connectivity index (χ1) is 13.4. The van der Waals surface area contributed by atoms with Crippen LogP contribution in [0.1, 0.15) is 39.2 Å². The molecule has 9 nitrogen and oxygen atoms in total. The molecule has 2 aliphatic heterocycles. The number of aromatic nitrogens is 2. The lowest BCUT2D eigenvalue weighted by Gasteiger charge is -2.27. The van der Waals surface area contributed by atoms with Gasteiger partial charge in [-0.2, -0.15) is 0 Å². The quantitative estimate of drug-likeness (QED) is 0.770. The number of fused-ring (bicyclic) bond motifs is 1. The van der Waals surface area contributed by atoms with Crippen LogP contribution in [0.3, 0.4) is 0 Å². The number of anilines is 1. The summed E-state index contributed by atoms with van der Waals surface area (Å²) in [5, 5.41) is 16.1. The molecule has 2 aromatic rings. The minimum atomic E-state index is -0.523. The van der Waals surface area contributed by atoms with E-state index in [0.717, 1.165) is 0 Å². The molecular weight excluding hydrogens is 382 g/mol. The van der Waals surface area contributed by atoms with E-state index in [1.165, 1.54) is 11.3 Å². The predicted octanol–water partition coefficient (Wildman–Crippen LogP) is 0.791. The van der Waals surface area contributed by atoms with Crippen LogP contribution >= 0.6 is 11.3 Å². The number of amides is 2. The van der Waals surface area contributed by atoms with Gasteiger partial charge < -0.3 is 25.2 Å². The smallest absolute Gasteiger partial charge is 0.273 e. The number of nitrogens with zero attached hydrogens (tertiary/aromatic N) is 4. The number of rotatable bonds is 4. The van der Waals surface area contributed by atoms with Crippen molar-refractivity contribution in [2.45, 2.75) is 20.3 Å². The van der Waals surface area contributed by atoms with Gasteiger partial charge in [0.15, 0.2) is 5.13 Å².